The van der Waals surface area contributed by atoms with Gasteiger partial charge in [0.1, 0.15) is 6.61 Å². The smallest absolute Gasteiger partial charge is 0.176 e. The highest BCUT2D eigenvalue weighted by atomic mass is 79.9. The van der Waals surface area contributed by atoms with Gasteiger partial charge in [-0.05, 0) is 40.2 Å². The molecule has 0 radical (unpaired) electrons. The maximum atomic E-state index is 6.09. The fraction of sp³-hybridized carbons (Fsp3) is 0.400. The zero-order valence-corrected chi connectivity index (χ0v) is 16.5. The van der Waals surface area contributed by atoms with Gasteiger partial charge in [0.05, 0.1) is 11.6 Å². The number of nitrogens with zero attached hydrogens (tertiary/aromatic N) is 2. The normalized spacial score (nSPS) is 16.0. The molecule has 1 fully saturated rings. The Kier molecular flexibility index (Phi) is 6.34. The van der Waals surface area contributed by atoms with Gasteiger partial charge in [0.25, 0.3) is 0 Å². The van der Waals surface area contributed by atoms with E-state index in [-0.39, 0.29) is 0 Å². The zero-order valence-electron chi connectivity index (χ0n) is 14.9. The van der Waals surface area contributed by atoms with Crippen LogP contribution < -0.4 is 9.47 Å². The van der Waals surface area contributed by atoms with E-state index in [4.69, 9.17) is 9.47 Å². The predicted octanol–water partition coefficient (Wildman–Crippen LogP) is 3.78. The lowest BCUT2D eigenvalue weighted by Crippen LogP contribution is -2.43. The maximum absolute atomic E-state index is 6.09. The first-order valence-electron chi connectivity index (χ1n) is 8.60. The van der Waals surface area contributed by atoms with Crippen LogP contribution in [0.4, 0.5) is 0 Å². The van der Waals surface area contributed by atoms with E-state index >= 15 is 0 Å². The maximum Gasteiger partial charge on any atom is 0.176 e. The van der Waals surface area contributed by atoms with Crippen molar-refractivity contribution < 1.29 is 9.47 Å². The summed E-state index contributed by atoms with van der Waals surface area (Å²) in [6.07, 6.45) is 0. The Bertz CT molecular complexity index is 686. The number of halogens is 1. The number of methoxy groups -OCH3 is 1. The first kappa shape index (κ1) is 18.2. The molecule has 1 aliphatic heterocycles. The van der Waals surface area contributed by atoms with E-state index in [2.05, 4.69) is 51.0 Å². The monoisotopic (exact) mass is 404 g/mol. The molecular formula is C20H25BrN2O2. The third kappa shape index (κ3) is 4.75. The van der Waals surface area contributed by atoms with Crippen molar-refractivity contribution in [1.82, 2.24) is 9.80 Å². The number of rotatable bonds is 6. The van der Waals surface area contributed by atoms with E-state index in [1.54, 1.807) is 7.11 Å². The van der Waals surface area contributed by atoms with Crippen molar-refractivity contribution in [3.63, 3.8) is 0 Å². The van der Waals surface area contributed by atoms with Crippen LogP contribution >= 0.6 is 15.9 Å². The molecule has 0 amide bonds. The van der Waals surface area contributed by atoms with Crippen LogP contribution in [0.1, 0.15) is 11.1 Å². The van der Waals surface area contributed by atoms with E-state index in [1.165, 1.54) is 5.56 Å². The van der Waals surface area contributed by atoms with Crippen LogP contribution in [0.3, 0.4) is 0 Å². The Morgan fingerprint density at radius 3 is 2.40 bits per heavy atom. The van der Waals surface area contributed by atoms with Crippen LogP contribution in [0.2, 0.25) is 0 Å². The minimum Gasteiger partial charge on any atom is -0.493 e. The van der Waals surface area contributed by atoms with Crippen molar-refractivity contribution in [2.75, 3.05) is 40.3 Å². The van der Waals surface area contributed by atoms with Gasteiger partial charge in [0.2, 0.25) is 0 Å². The van der Waals surface area contributed by atoms with Crippen molar-refractivity contribution in [1.29, 1.82) is 0 Å². The molecule has 134 valence electrons. The third-order valence-corrected chi connectivity index (χ3v) is 5.45. The minimum absolute atomic E-state index is 0.522. The molecule has 3 rings (SSSR count). The SMILES string of the molecule is COc1ccc(CN2CCN(C)CC2)c(Br)c1OCc1ccccc1. The van der Waals surface area contributed by atoms with Crippen molar-refractivity contribution in [2.24, 2.45) is 0 Å². The second-order valence-corrected chi connectivity index (χ2v) is 7.22. The quantitative estimate of drug-likeness (QED) is 0.730. The molecule has 0 unspecified atom stereocenters. The van der Waals surface area contributed by atoms with Gasteiger partial charge in [-0.25, -0.2) is 0 Å². The Labute approximate surface area is 158 Å². The Morgan fingerprint density at radius 1 is 1.00 bits per heavy atom. The number of piperazine rings is 1. The number of ether oxygens (including phenoxy) is 2. The number of hydrogen-bond acceptors (Lipinski definition) is 4. The van der Waals surface area contributed by atoms with E-state index in [0.29, 0.717) is 6.61 Å². The van der Waals surface area contributed by atoms with Crippen LogP contribution in [0.15, 0.2) is 46.9 Å². The van der Waals surface area contributed by atoms with Crippen molar-refractivity contribution in [3.8, 4) is 11.5 Å². The van der Waals surface area contributed by atoms with Gasteiger partial charge in [-0.2, -0.15) is 0 Å². The molecule has 0 bridgehead atoms. The summed E-state index contributed by atoms with van der Waals surface area (Å²) in [6, 6.07) is 14.3. The largest absolute Gasteiger partial charge is 0.493 e. The van der Waals surface area contributed by atoms with Gasteiger partial charge in [0, 0.05) is 32.7 Å². The predicted molar refractivity (Wildman–Crippen MR) is 104 cm³/mol. The lowest BCUT2D eigenvalue weighted by molar-refractivity contribution is 0.147. The molecule has 5 heteroatoms. The third-order valence-electron chi connectivity index (χ3n) is 4.58. The summed E-state index contributed by atoms with van der Waals surface area (Å²) in [6.45, 7) is 5.86. The molecule has 0 aromatic heterocycles. The van der Waals surface area contributed by atoms with Gasteiger partial charge in [-0.15, -0.1) is 0 Å². The molecule has 1 saturated heterocycles. The molecule has 1 aliphatic rings. The molecule has 0 saturated carbocycles. The molecule has 0 spiro atoms. The van der Waals surface area contributed by atoms with Gasteiger partial charge in [0.15, 0.2) is 11.5 Å². The average molecular weight is 405 g/mol. The van der Waals surface area contributed by atoms with Crippen LogP contribution in [-0.2, 0) is 13.2 Å². The summed E-state index contributed by atoms with van der Waals surface area (Å²) in [5.74, 6) is 1.53. The number of likely N-dealkylation sites (N-methyl/N-ethyl adjacent to an activating group) is 1. The first-order chi connectivity index (χ1) is 12.2. The molecule has 0 N–H and O–H groups in total. The van der Waals surface area contributed by atoms with Gasteiger partial charge in [-0.3, -0.25) is 4.90 Å². The van der Waals surface area contributed by atoms with Crippen molar-refractivity contribution in [3.05, 3.63) is 58.1 Å². The number of hydrogen-bond donors (Lipinski definition) is 0. The zero-order chi connectivity index (χ0) is 17.6. The van der Waals surface area contributed by atoms with Crippen LogP contribution in [0, 0.1) is 0 Å². The summed E-state index contributed by atoms with van der Waals surface area (Å²) in [5.41, 5.74) is 2.37. The fourth-order valence-electron chi connectivity index (χ4n) is 2.97. The molecule has 0 atom stereocenters. The highest BCUT2D eigenvalue weighted by molar-refractivity contribution is 9.10. The summed E-state index contributed by atoms with van der Waals surface area (Å²) >= 11 is 3.74. The van der Waals surface area contributed by atoms with Crippen LogP contribution in [0.5, 0.6) is 11.5 Å². The topological polar surface area (TPSA) is 24.9 Å². The van der Waals surface area contributed by atoms with Gasteiger partial charge < -0.3 is 14.4 Å². The summed E-state index contributed by atoms with van der Waals surface area (Å²) < 4.78 is 12.6. The van der Waals surface area contributed by atoms with E-state index < -0.39 is 0 Å². The molecule has 1 heterocycles. The van der Waals surface area contributed by atoms with Crippen LogP contribution in [-0.4, -0.2) is 50.1 Å². The minimum atomic E-state index is 0.522. The second kappa shape index (κ2) is 8.70. The van der Waals surface area contributed by atoms with E-state index in [1.807, 2.05) is 24.3 Å². The van der Waals surface area contributed by atoms with Gasteiger partial charge >= 0.3 is 0 Å². The molecule has 2 aromatic carbocycles. The average Bonchev–Trinajstić information content (AvgIpc) is 2.65. The molecule has 4 nitrogen and oxygen atoms in total. The standard InChI is InChI=1S/C20H25BrN2O2/c1-22-10-12-23(13-11-22)14-17-8-9-18(24-2)20(19(17)21)25-15-16-6-4-3-5-7-16/h3-9H,10-15H2,1-2H3. The Morgan fingerprint density at radius 2 is 1.72 bits per heavy atom. The molecule has 2 aromatic rings. The summed E-state index contributed by atoms with van der Waals surface area (Å²) in [7, 11) is 3.85. The lowest BCUT2D eigenvalue weighted by Gasteiger charge is -2.32. The van der Waals surface area contributed by atoms with Crippen molar-refractivity contribution >= 4 is 15.9 Å². The van der Waals surface area contributed by atoms with E-state index in [9.17, 15) is 0 Å². The summed E-state index contributed by atoms with van der Waals surface area (Å²) in [4.78, 5) is 4.85. The highest BCUT2D eigenvalue weighted by Gasteiger charge is 2.18. The Hall–Kier alpha value is -1.56. The van der Waals surface area contributed by atoms with E-state index in [0.717, 1.165) is 54.3 Å². The lowest BCUT2D eigenvalue weighted by atomic mass is 10.1. The highest BCUT2D eigenvalue weighted by Crippen LogP contribution is 2.38. The molecular weight excluding hydrogens is 380 g/mol. The van der Waals surface area contributed by atoms with Gasteiger partial charge in [-0.1, -0.05) is 36.4 Å². The second-order valence-electron chi connectivity index (χ2n) is 6.42. The number of benzene rings is 2. The van der Waals surface area contributed by atoms with Crippen molar-refractivity contribution in [2.45, 2.75) is 13.2 Å². The van der Waals surface area contributed by atoms with Crippen LogP contribution in [0.25, 0.3) is 0 Å². The Balaban J connectivity index is 1.74. The molecule has 25 heavy (non-hydrogen) atoms. The summed E-state index contributed by atoms with van der Waals surface area (Å²) in [5, 5.41) is 0. The fourth-order valence-corrected chi connectivity index (χ4v) is 3.54. The first-order valence-corrected chi connectivity index (χ1v) is 9.39. The molecule has 0 aliphatic carbocycles.